The van der Waals surface area contributed by atoms with Crippen molar-refractivity contribution >= 4 is 0 Å². The van der Waals surface area contributed by atoms with Gasteiger partial charge in [0, 0.05) is 6.54 Å². The van der Waals surface area contributed by atoms with Crippen LogP contribution in [0.25, 0.3) is 0 Å². The van der Waals surface area contributed by atoms with E-state index in [2.05, 4.69) is 45.0 Å². The molecule has 1 N–H and O–H groups in total. The largest absolute Gasteiger partial charge is 0.317 e. The first-order valence-electron chi connectivity index (χ1n) is 6.35. The lowest BCUT2D eigenvalue weighted by Gasteiger charge is -2.26. The molecule has 0 unspecified atom stereocenters. The third-order valence-electron chi connectivity index (χ3n) is 2.39. The molecule has 0 aliphatic carbocycles. The molecule has 0 spiro atoms. The van der Waals surface area contributed by atoms with Gasteiger partial charge in [0.15, 0.2) is 0 Å². The van der Waals surface area contributed by atoms with E-state index in [9.17, 15) is 0 Å². The van der Waals surface area contributed by atoms with Crippen LogP contribution in [0, 0.1) is 5.41 Å². The highest BCUT2D eigenvalue weighted by Crippen LogP contribution is 2.14. The summed E-state index contributed by atoms with van der Waals surface area (Å²) in [4.78, 5) is 2.45. The molecule has 0 aromatic rings. The molecule has 0 heterocycles. The first kappa shape index (κ1) is 14.9. The normalized spacial score (nSPS) is 12.4. The Bertz CT molecular complexity index is 138. The molecule has 0 saturated carbocycles. The molecule has 0 saturated heterocycles. The van der Waals surface area contributed by atoms with Crippen LogP contribution in [0.1, 0.15) is 47.0 Å². The van der Waals surface area contributed by atoms with Crippen molar-refractivity contribution < 1.29 is 0 Å². The SMILES string of the molecule is CCNCCCCCN(C)CC(C)(C)C. The minimum atomic E-state index is 0.429. The molecule has 92 valence electrons. The number of nitrogens with one attached hydrogen (secondary N) is 1. The highest BCUT2D eigenvalue weighted by molar-refractivity contribution is 4.66. The van der Waals surface area contributed by atoms with E-state index >= 15 is 0 Å². The van der Waals surface area contributed by atoms with Gasteiger partial charge in [-0.05, 0) is 44.9 Å². The van der Waals surface area contributed by atoms with E-state index in [0.717, 1.165) is 6.54 Å². The second kappa shape index (κ2) is 8.12. The fraction of sp³-hybridized carbons (Fsp3) is 1.00. The minimum Gasteiger partial charge on any atom is -0.317 e. The third kappa shape index (κ3) is 11.8. The Labute approximate surface area is 96.4 Å². The summed E-state index contributed by atoms with van der Waals surface area (Å²) >= 11 is 0. The highest BCUT2D eigenvalue weighted by atomic mass is 15.1. The van der Waals surface area contributed by atoms with Crippen molar-refractivity contribution in [3.63, 3.8) is 0 Å². The van der Waals surface area contributed by atoms with E-state index < -0.39 is 0 Å². The Morgan fingerprint density at radius 3 is 2.27 bits per heavy atom. The summed E-state index contributed by atoms with van der Waals surface area (Å²) in [5.74, 6) is 0. The van der Waals surface area contributed by atoms with Gasteiger partial charge in [-0.2, -0.15) is 0 Å². The smallest absolute Gasteiger partial charge is 0.00270 e. The second-order valence-electron chi connectivity index (χ2n) is 5.71. The van der Waals surface area contributed by atoms with E-state index in [1.165, 1.54) is 38.9 Å². The number of unbranched alkanes of at least 4 members (excludes halogenated alkanes) is 2. The summed E-state index contributed by atoms with van der Waals surface area (Å²) in [6.07, 6.45) is 4.00. The summed E-state index contributed by atoms with van der Waals surface area (Å²) in [5.41, 5.74) is 0.429. The molecule has 0 aliphatic rings. The van der Waals surface area contributed by atoms with Gasteiger partial charge in [-0.3, -0.25) is 0 Å². The Kier molecular flexibility index (Phi) is 8.07. The zero-order valence-corrected chi connectivity index (χ0v) is 11.4. The Balaban J connectivity index is 3.28. The second-order valence-corrected chi connectivity index (χ2v) is 5.71. The van der Waals surface area contributed by atoms with Crippen LogP contribution in [-0.2, 0) is 0 Å². The van der Waals surface area contributed by atoms with Crippen LogP contribution in [0.5, 0.6) is 0 Å². The molecule has 0 radical (unpaired) electrons. The van der Waals surface area contributed by atoms with Crippen molar-refractivity contribution in [3.05, 3.63) is 0 Å². The predicted molar refractivity (Wildman–Crippen MR) is 69.3 cm³/mol. The summed E-state index contributed by atoms with van der Waals surface area (Å²) in [7, 11) is 2.23. The van der Waals surface area contributed by atoms with Gasteiger partial charge in [-0.1, -0.05) is 34.1 Å². The summed E-state index contributed by atoms with van der Waals surface area (Å²) in [5, 5.41) is 3.36. The van der Waals surface area contributed by atoms with Gasteiger partial charge in [0.2, 0.25) is 0 Å². The van der Waals surface area contributed by atoms with E-state index in [-0.39, 0.29) is 0 Å². The van der Waals surface area contributed by atoms with E-state index in [1.54, 1.807) is 0 Å². The van der Waals surface area contributed by atoms with E-state index in [1.807, 2.05) is 0 Å². The lowest BCUT2D eigenvalue weighted by atomic mass is 9.96. The maximum absolute atomic E-state index is 3.36. The third-order valence-corrected chi connectivity index (χ3v) is 2.39. The van der Waals surface area contributed by atoms with Gasteiger partial charge in [-0.15, -0.1) is 0 Å². The van der Waals surface area contributed by atoms with Gasteiger partial charge < -0.3 is 10.2 Å². The molecule has 2 nitrogen and oxygen atoms in total. The summed E-state index contributed by atoms with van der Waals surface area (Å²) < 4.78 is 0. The van der Waals surface area contributed by atoms with Crippen molar-refractivity contribution in [2.45, 2.75) is 47.0 Å². The molecule has 0 bridgehead atoms. The van der Waals surface area contributed by atoms with Gasteiger partial charge in [-0.25, -0.2) is 0 Å². The van der Waals surface area contributed by atoms with Gasteiger partial charge in [0.1, 0.15) is 0 Å². The molecule has 0 amide bonds. The average molecular weight is 214 g/mol. The zero-order chi connectivity index (χ0) is 11.7. The lowest BCUT2D eigenvalue weighted by molar-refractivity contribution is 0.223. The number of hydrogen-bond donors (Lipinski definition) is 1. The summed E-state index contributed by atoms with van der Waals surface area (Å²) in [6, 6.07) is 0. The van der Waals surface area contributed by atoms with Crippen molar-refractivity contribution in [2.24, 2.45) is 5.41 Å². The van der Waals surface area contributed by atoms with Crippen LogP contribution in [0.4, 0.5) is 0 Å². The quantitative estimate of drug-likeness (QED) is 0.625. The van der Waals surface area contributed by atoms with E-state index in [4.69, 9.17) is 0 Å². The topological polar surface area (TPSA) is 15.3 Å². The van der Waals surface area contributed by atoms with Crippen molar-refractivity contribution in [1.29, 1.82) is 0 Å². The first-order valence-corrected chi connectivity index (χ1v) is 6.35. The molecule has 15 heavy (non-hydrogen) atoms. The molecule has 0 aromatic heterocycles. The van der Waals surface area contributed by atoms with Crippen molar-refractivity contribution in [3.8, 4) is 0 Å². The van der Waals surface area contributed by atoms with Crippen molar-refractivity contribution in [2.75, 3.05) is 33.2 Å². The molecular weight excluding hydrogens is 184 g/mol. The fourth-order valence-electron chi connectivity index (χ4n) is 1.87. The highest BCUT2D eigenvalue weighted by Gasteiger charge is 2.12. The fourth-order valence-corrected chi connectivity index (χ4v) is 1.87. The molecule has 0 aromatic carbocycles. The Morgan fingerprint density at radius 2 is 1.73 bits per heavy atom. The van der Waals surface area contributed by atoms with Crippen molar-refractivity contribution in [1.82, 2.24) is 10.2 Å². The Morgan fingerprint density at radius 1 is 1.07 bits per heavy atom. The lowest BCUT2D eigenvalue weighted by Crippen LogP contribution is -2.30. The van der Waals surface area contributed by atoms with Crippen LogP contribution >= 0.6 is 0 Å². The predicted octanol–water partition coefficient (Wildman–Crippen LogP) is 2.74. The number of nitrogens with zero attached hydrogens (tertiary/aromatic N) is 1. The molecule has 0 atom stereocenters. The maximum Gasteiger partial charge on any atom is 0.00270 e. The maximum atomic E-state index is 3.36. The average Bonchev–Trinajstić information content (AvgIpc) is 2.08. The van der Waals surface area contributed by atoms with Gasteiger partial charge >= 0.3 is 0 Å². The zero-order valence-electron chi connectivity index (χ0n) is 11.4. The monoisotopic (exact) mass is 214 g/mol. The summed E-state index contributed by atoms with van der Waals surface area (Å²) in [6.45, 7) is 13.8. The standard InChI is InChI=1S/C13H30N2/c1-6-14-10-8-7-9-11-15(5)12-13(2,3)4/h14H,6-12H2,1-5H3. The number of rotatable bonds is 8. The Hall–Kier alpha value is -0.0800. The first-order chi connectivity index (χ1) is 6.95. The minimum absolute atomic E-state index is 0.429. The van der Waals surface area contributed by atoms with Crippen LogP contribution in [0.15, 0.2) is 0 Å². The van der Waals surface area contributed by atoms with E-state index in [0.29, 0.717) is 5.41 Å². The molecule has 0 rings (SSSR count). The number of hydrogen-bond acceptors (Lipinski definition) is 2. The van der Waals surface area contributed by atoms with Crippen LogP contribution in [0.3, 0.4) is 0 Å². The molecule has 0 aliphatic heterocycles. The van der Waals surface area contributed by atoms with Crippen LogP contribution in [0.2, 0.25) is 0 Å². The van der Waals surface area contributed by atoms with Crippen LogP contribution in [-0.4, -0.2) is 38.1 Å². The van der Waals surface area contributed by atoms with Gasteiger partial charge in [0.05, 0.1) is 0 Å². The van der Waals surface area contributed by atoms with Crippen LogP contribution < -0.4 is 5.32 Å². The molecule has 2 heteroatoms. The molecular formula is C13H30N2. The molecule has 0 fully saturated rings. The van der Waals surface area contributed by atoms with Gasteiger partial charge in [0.25, 0.3) is 0 Å².